The van der Waals surface area contributed by atoms with Gasteiger partial charge in [0.05, 0.1) is 12.2 Å². The van der Waals surface area contributed by atoms with Gasteiger partial charge in [-0.1, -0.05) is 18.2 Å². The van der Waals surface area contributed by atoms with Crippen LogP contribution in [0.3, 0.4) is 0 Å². The van der Waals surface area contributed by atoms with Crippen LogP contribution in [-0.4, -0.2) is 55.6 Å². The van der Waals surface area contributed by atoms with Crippen LogP contribution in [0.15, 0.2) is 54.6 Å². The minimum atomic E-state index is 0.0269. The van der Waals surface area contributed by atoms with E-state index < -0.39 is 0 Å². The second kappa shape index (κ2) is 9.54. The number of ether oxygens (including phenoxy) is 1. The van der Waals surface area contributed by atoms with Gasteiger partial charge in [-0.25, -0.2) is 0 Å². The first-order valence-electron chi connectivity index (χ1n) is 11.6. The third-order valence-electron chi connectivity index (χ3n) is 6.39. The Bertz CT molecular complexity index is 1080. The lowest BCUT2D eigenvalue weighted by molar-refractivity contribution is 0.180. The predicted octanol–water partition coefficient (Wildman–Crippen LogP) is 2.77. The molecule has 0 aliphatic carbocycles. The average molecular weight is 446 g/mol. The quantitative estimate of drug-likeness (QED) is 0.515. The number of hydrogen-bond donors (Lipinski definition) is 3. The van der Waals surface area contributed by atoms with Crippen molar-refractivity contribution in [3.63, 3.8) is 0 Å². The Balaban J connectivity index is 1.28. The molecule has 1 unspecified atom stereocenters. The Morgan fingerprint density at radius 1 is 0.879 bits per heavy atom. The molecule has 8 nitrogen and oxygen atoms in total. The fourth-order valence-corrected chi connectivity index (χ4v) is 4.59. The maximum Gasteiger partial charge on any atom is 0.188 e. The molecule has 2 aliphatic rings. The normalized spacial score (nSPS) is 18.8. The number of rotatable bonds is 5. The summed E-state index contributed by atoms with van der Waals surface area (Å²) in [6, 6.07) is 18.3. The van der Waals surface area contributed by atoms with Crippen molar-refractivity contribution < 1.29 is 4.74 Å². The molecule has 0 saturated carbocycles. The van der Waals surface area contributed by atoms with Gasteiger partial charge in [0.2, 0.25) is 0 Å². The van der Waals surface area contributed by atoms with Gasteiger partial charge in [-0.3, -0.25) is 0 Å². The largest absolute Gasteiger partial charge is 0.485 e. The lowest BCUT2D eigenvalue weighted by atomic mass is 10.1. The molecule has 1 aromatic heterocycles. The fourth-order valence-electron chi connectivity index (χ4n) is 4.59. The molecular formula is C25H31N7O. The highest BCUT2D eigenvalue weighted by Gasteiger charge is 2.23. The minimum Gasteiger partial charge on any atom is -0.485 e. The summed E-state index contributed by atoms with van der Waals surface area (Å²) in [7, 11) is 0. The molecule has 2 aromatic carbocycles. The first kappa shape index (κ1) is 21.3. The number of anilines is 4. The van der Waals surface area contributed by atoms with E-state index in [1.807, 2.05) is 30.3 Å². The molecule has 5 rings (SSSR count). The van der Waals surface area contributed by atoms with Crippen molar-refractivity contribution in [3.8, 4) is 17.0 Å². The molecule has 0 radical (unpaired) electrons. The summed E-state index contributed by atoms with van der Waals surface area (Å²) < 4.78 is 6.33. The van der Waals surface area contributed by atoms with Gasteiger partial charge in [0.1, 0.15) is 6.10 Å². The number of aromatic nitrogens is 2. The summed E-state index contributed by atoms with van der Waals surface area (Å²) >= 11 is 0. The topological polar surface area (TPSA) is 106 Å². The molecule has 1 atom stereocenters. The summed E-state index contributed by atoms with van der Waals surface area (Å²) in [5.41, 5.74) is 16.9. The summed E-state index contributed by atoms with van der Waals surface area (Å²) in [6.45, 7) is 6.01. The van der Waals surface area contributed by atoms with Crippen LogP contribution in [0, 0.1) is 0 Å². The van der Waals surface area contributed by atoms with Gasteiger partial charge in [0, 0.05) is 61.4 Å². The average Bonchev–Trinajstić information content (AvgIpc) is 2.87. The summed E-state index contributed by atoms with van der Waals surface area (Å²) in [5, 5.41) is 11.7. The number of nitrogens with zero attached hydrogens (tertiary/aromatic N) is 4. The van der Waals surface area contributed by atoms with Gasteiger partial charge in [0.15, 0.2) is 11.6 Å². The van der Waals surface area contributed by atoms with E-state index >= 15 is 0 Å². The molecule has 3 aromatic rings. The van der Waals surface area contributed by atoms with Crippen LogP contribution in [0.2, 0.25) is 0 Å². The molecule has 33 heavy (non-hydrogen) atoms. The molecule has 0 bridgehead atoms. The molecule has 3 heterocycles. The van der Waals surface area contributed by atoms with E-state index in [2.05, 4.69) is 49.6 Å². The third kappa shape index (κ3) is 4.80. The number of hydrogen-bond acceptors (Lipinski definition) is 8. The Morgan fingerprint density at radius 2 is 1.61 bits per heavy atom. The summed E-state index contributed by atoms with van der Waals surface area (Å²) in [4.78, 5) is 4.81. The predicted molar refractivity (Wildman–Crippen MR) is 134 cm³/mol. The molecule has 0 spiro atoms. The molecule has 5 N–H and O–H groups in total. The number of piperidine rings is 1. The van der Waals surface area contributed by atoms with Gasteiger partial charge >= 0.3 is 0 Å². The molecule has 172 valence electrons. The standard InChI is InChI=1S/C25H31N7O/c26-22-6-2-1-5-21(22)23-16-24(25(27)30-29-23)33-20-4-3-13-32(17-20)19-9-7-18(8-10-19)31-14-11-28-12-15-31/h1-2,5-10,16,20,28H,3-4,11-15,17,26H2,(H2,27,30). The third-order valence-corrected chi connectivity index (χ3v) is 6.39. The second-order valence-corrected chi connectivity index (χ2v) is 8.65. The van der Waals surface area contributed by atoms with E-state index in [-0.39, 0.29) is 6.10 Å². The Labute approximate surface area is 194 Å². The zero-order chi connectivity index (χ0) is 22.6. The van der Waals surface area contributed by atoms with E-state index in [9.17, 15) is 0 Å². The Morgan fingerprint density at radius 3 is 2.36 bits per heavy atom. The van der Waals surface area contributed by atoms with Crippen molar-refractivity contribution in [2.24, 2.45) is 0 Å². The number of benzene rings is 2. The molecule has 8 heteroatoms. The highest BCUT2D eigenvalue weighted by atomic mass is 16.5. The number of nitrogens with two attached hydrogens (primary N) is 2. The fraction of sp³-hybridized carbons (Fsp3) is 0.360. The van der Waals surface area contributed by atoms with Crippen LogP contribution in [0.25, 0.3) is 11.3 Å². The maximum atomic E-state index is 6.33. The Kier molecular flexibility index (Phi) is 6.17. The first-order valence-corrected chi connectivity index (χ1v) is 11.6. The van der Waals surface area contributed by atoms with Crippen LogP contribution in [0.1, 0.15) is 12.8 Å². The smallest absolute Gasteiger partial charge is 0.188 e. The maximum absolute atomic E-state index is 6.33. The summed E-state index contributed by atoms with van der Waals surface area (Å²) in [5.74, 6) is 0.856. The highest BCUT2D eigenvalue weighted by Crippen LogP contribution is 2.31. The second-order valence-electron chi connectivity index (χ2n) is 8.65. The van der Waals surface area contributed by atoms with Crippen molar-refractivity contribution in [1.82, 2.24) is 15.5 Å². The van der Waals surface area contributed by atoms with Crippen LogP contribution in [-0.2, 0) is 0 Å². The summed E-state index contributed by atoms with van der Waals surface area (Å²) in [6.07, 6.45) is 2.06. The van der Waals surface area contributed by atoms with Gasteiger partial charge in [0.25, 0.3) is 0 Å². The lowest BCUT2D eigenvalue weighted by Gasteiger charge is -2.35. The molecule has 2 aliphatic heterocycles. The first-order chi connectivity index (χ1) is 16.2. The van der Waals surface area contributed by atoms with Gasteiger partial charge in [-0.15, -0.1) is 10.2 Å². The van der Waals surface area contributed by atoms with Gasteiger partial charge in [-0.05, 0) is 43.2 Å². The van der Waals surface area contributed by atoms with Crippen LogP contribution in [0.4, 0.5) is 22.9 Å². The van der Waals surface area contributed by atoms with E-state index in [1.165, 1.54) is 11.4 Å². The minimum absolute atomic E-state index is 0.0269. The van der Waals surface area contributed by atoms with E-state index in [0.29, 0.717) is 22.9 Å². The lowest BCUT2D eigenvalue weighted by Crippen LogP contribution is -2.43. The van der Waals surface area contributed by atoms with E-state index in [1.54, 1.807) is 0 Å². The Hall–Kier alpha value is -3.52. The highest BCUT2D eigenvalue weighted by molar-refractivity contribution is 5.74. The number of nitrogens with one attached hydrogen (secondary N) is 1. The van der Waals surface area contributed by atoms with Crippen LogP contribution < -0.4 is 31.3 Å². The van der Waals surface area contributed by atoms with Crippen LogP contribution >= 0.6 is 0 Å². The molecule has 0 amide bonds. The van der Waals surface area contributed by atoms with E-state index in [0.717, 1.165) is 57.7 Å². The monoisotopic (exact) mass is 445 g/mol. The zero-order valence-corrected chi connectivity index (χ0v) is 18.8. The zero-order valence-electron chi connectivity index (χ0n) is 18.8. The number of para-hydroxylation sites is 1. The van der Waals surface area contributed by atoms with E-state index in [4.69, 9.17) is 16.2 Å². The molecule has 2 fully saturated rings. The van der Waals surface area contributed by atoms with Gasteiger partial charge in [-0.2, -0.15) is 0 Å². The van der Waals surface area contributed by atoms with Gasteiger partial charge < -0.3 is 31.3 Å². The van der Waals surface area contributed by atoms with Crippen molar-refractivity contribution in [1.29, 1.82) is 0 Å². The van der Waals surface area contributed by atoms with Crippen LogP contribution in [0.5, 0.6) is 5.75 Å². The SMILES string of the molecule is Nc1ccccc1-c1cc(OC2CCCN(c3ccc(N4CCNCC4)cc3)C2)c(N)nn1. The van der Waals surface area contributed by atoms with Crippen molar-refractivity contribution in [2.45, 2.75) is 18.9 Å². The molecular weight excluding hydrogens is 414 g/mol. The number of piperazine rings is 1. The van der Waals surface area contributed by atoms with Crippen molar-refractivity contribution >= 4 is 22.9 Å². The number of nitrogen functional groups attached to an aromatic ring is 2. The van der Waals surface area contributed by atoms with Crippen molar-refractivity contribution in [3.05, 3.63) is 54.6 Å². The molecule has 2 saturated heterocycles. The van der Waals surface area contributed by atoms with Crippen molar-refractivity contribution in [2.75, 3.05) is 60.5 Å².